The zero-order chi connectivity index (χ0) is 12.8. The number of thiazole rings is 1. The number of nitrogens with zero attached hydrogens (tertiary/aromatic N) is 2. The number of nitrogens with one attached hydrogen (secondary N) is 1. The third-order valence-corrected chi connectivity index (χ3v) is 3.87. The van der Waals surface area contributed by atoms with E-state index in [4.69, 9.17) is 9.47 Å². The maximum Gasteiger partial charge on any atom is 0.185 e. The van der Waals surface area contributed by atoms with Gasteiger partial charge in [0.2, 0.25) is 0 Å². The van der Waals surface area contributed by atoms with Crippen LogP contribution in [0.15, 0.2) is 5.38 Å². The molecule has 2 rings (SSSR count). The highest BCUT2D eigenvalue weighted by Crippen LogP contribution is 2.24. The molecule has 0 spiro atoms. The first-order chi connectivity index (χ1) is 8.81. The molecule has 0 saturated carbocycles. The molecule has 1 aromatic rings. The van der Waals surface area contributed by atoms with Gasteiger partial charge in [-0.15, -0.1) is 11.3 Å². The van der Waals surface area contributed by atoms with Crippen molar-refractivity contribution in [2.75, 3.05) is 44.9 Å². The molecule has 18 heavy (non-hydrogen) atoms. The summed E-state index contributed by atoms with van der Waals surface area (Å²) in [5.41, 5.74) is 1.10. The number of morpholine rings is 1. The highest BCUT2D eigenvalue weighted by Gasteiger charge is 2.21. The number of rotatable bonds is 6. The lowest BCUT2D eigenvalue weighted by molar-refractivity contribution is 0.0989. The minimum Gasteiger partial charge on any atom is -0.383 e. The zero-order valence-corrected chi connectivity index (χ0v) is 11.8. The van der Waals surface area contributed by atoms with Gasteiger partial charge in [-0.25, -0.2) is 4.98 Å². The van der Waals surface area contributed by atoms with E-state index < -0.39 is 0 Å². The maximum absolute atomic E-state index is 5.44. The molecule has 1 aliphatic rings. The Bertz CT molecular complexity index is 359. The summed E-state index contributed by atoms with van der Waals surface area (Å²) in [6.07, 6.45) is 0. The normalized spacial score (nSPS) is 20.3. The van der Waals surface area contributed by atoms with Crippen molar-refractivity contribution in [3.8, 4) is 0 Å². The van der Waals surface area contributed by atoms with E-state index in [1.807, 2.05) is 0 Å². The van der Waals surface area contributed by atoms with Crippen molar-refractivity contribution in [3.63, 3.8) is 0 Å². The molecule has 1 aliphatic heterocycles. The Morgan fingerprint density at radius 3 is 3.33 bits per heavy atom. The SMILES string of the molecule is COCCNCc1csc(N2CCOCC2C)n1. The van der Waals surface area contributed by atoms with Gasteiger partial charge in [-0.1, -0.05) is 0 Å². The van der Waals surface area contributed by atoms with Crippen LogP contribution in [0, 0.1) is 0 Å². The molecule has 0 radical (unpaired) electrons. The van der Waals surface area contributed by atoms with E-state index in [1.165, 1.54) is 0 Å². The van der Waals surface area contributed by atoms with Crippen molar-refractivity contribution >= 4 is 16.5 Å². The Morgan fingerprint density at radius 2 is 2.56 bits per heavy atom. The molecule has 0 bridgehead atoms. The standard InChI is InChI=1S/C12H21N3O2S/c1-10-8-17-6-4-15(10)12-14-11(9-18-12)7-13-3-5-16-2/h9-10,13H,3-8H2,1-2H3. The van der Waals surface area contributed by atoms with Gasteiger partial charge in [-0.2, -0.15) is 0 Å². The number of hydrogen-bond acceptors (Lipinski definition) is 6. The van der Waals surface area contributed by atoms with Gasteiger partial charge in [-0.3, -0.25) is 0 Å². The molecule has 1 fully saturated rings. The van der Waals surface area contributed by atoms with Crippen molar-refractivity contribution in [1.29, 1.82) is 0 Å². The van der Waals surface area contributed by atoms with Crippen LogP contribution in [0.3, 0.4) is 0 Å². The Hall–Kier alpha value is -0.690. The largest absolute Gasteiger partial charge is 0.383 e. The highest BCUT2D eigenvalue weighted by atomic mass is 32.1. The molecule has 1 saturated heterocycles. The number of anilines is 1. The quantitative estimate of drug-likeness (QED) is 0.785. The predicted octanol–water partition coefficient (Wildman–Crippen LogP) is 1.10. The predicted molar refractivity (Wildman–Crippen MR) is 73.3 cm³/mol. The fraction of sp³-hybridized carbons (Fsp3) is 0.750. The second-order valence-corrected chi connectivity index (χ2v) is 5.24. The summed E-state index contributed by atoms with van der Waals surface area (Å²) >= 11 is 1.71. The number of aromatic nitrogens is 1. The lowest BCUT2D eigenvalue weighted by Crippen LogP contribution is -2.43. The van der Waals surface area contributed by atoms with Crippen molar-refractivity contribution in [1.82, 2.24) is 10.3 Å². The van der Waals surface area contributed by atoms with E-state index in [0.29, 0.717) is 6.04 Å². The fourth-order valence-electron chi connectivity index (χ4n) is 1.91. The Balaban J connectivity index is 1.85. The first kappa shape index (κ1) is 13.7. The molecular weight excluding hydrogens is 250 g/mol. The topological polar surface area (TPSA) is 46.6 Å². The maximum atomic E-state index is 5.44. The van der Waals surface area contributed by atoms with Gasteiger partial charge in [0.05, 0.1) is 31.6 Å². The smallest absolute Gasteiger partial charge is 0.185 e. The molecule has 1 N–H and O–H groups in total. The van der Waals surface area contributed by atoms with E-state index >= 15 is 0 Å². The number of hydrogen-bond donors (Lipinski definition) is 1. The van der Waals surface area contributed by atoms with E-state index in [-0.39, 0.29) is 0 Å². The van der Waals surface area contributed by atoms with Crippen molar-refractivity contribution < 1.29 is 9.47 Å². The Morgan fingerprint density at radius 1 is 1.67 bits per heavy atom. The summed E-state index contributed by atoms with van der Waals surface area (Å²) < 4.78 is 10.4. The third kappa shape index (κ3) is 3.65. The lowest BCUT2D eigenvalue weighted by atomic mass is 10.3. The van der Waals surface area contributed by atoms with Gasteiger partial charge in [0, 0.05) is 32.1 Å². The average molecular weight is 271 g/mol. The first-order valence-electron chi connectivity index (χ1n) is 6.29. The van der Waals surface area contributed by atoms with Gasteiger partial charge >= 0.3 is 0 Å². The molecule has 1 atom stereocenters. The second kappa shape index (κ2) is 7.04. The number of ether oxygens (including phenoxy) is 2. The third-order valence-electron chi connectivity index (χ3n) is 2.94. The van der Waals surface area contributed by atoms with Crippen LogP contribution in [-0.4, -0.2) is 51.0 Å². The zero-order valence-electron chi connectivity index (χ0n) is 11.0. The van der Waals surface area contributed by atoms with Gasteiger partial charge in [0.15, 0.2) is 5.13 Å². The first-order valence-corrected chi connectivity index (χ1v) is 7.17. The molecule has 1 unspecified atom stereocenters. The monoisotopic (exact) mass is 271 g/mol. The van der Waals surface area contributed by atoms with E-state index in [1.54, 1.807) is 18.4 Å². The van der Waals surface area contributed by atoms with Crippen LogP contribution in [0.2, 0.25) is 0 Å². The van der Waals surface area contributed by atoms with Crippen LogP contribution in [0.5, 0.6) is 0 Å². The summed E-state index contributed by atoms with van der Waals surface area (Å²) in [5, 5.41) is 6.53. The molecular formula is C12H21N3O2S. The van der Waals surface area contributed by atoms with Crippen molar-refractivity contribution in [2.24, 2.45) is 0 Å². The minimum absolute atomic E-state index is 0.416. The highest BCUT2D eigenvalue weighted by molar-refractivity contribution is 7.13. The summed E-state index contributed by atoms with van der Waals surface area (Å²) in [5.74, 6) is 0. The van der Waals surface area contributed by atoms with Crippen LogP contribution < -0.4 is 10.2 Å². The van der Waals surface area contributed by atoms with Crippen LogP contribution in [0.25, 0.3) is 0 Å². The van der Waals surface area contributed by atoms with Crippen LogP contribution in [0.4, 0.5) is 5.13 Å². The van der Waals surface area contributed by atoms with Gasteiger partial charge < -0.3 is 19.7 Å². The number of methoxy groups -OCH3 is 1. The average Bonchev–Trinajstić information content (AvgIpc) is 2.84. The molecule has 0 amide bonds. The van der Waals surface area contributed by atoms with E-state index in [2.05, 4.69) is 27.5 Å². The minimum atomic E-state index is 0.416. The van der Waals surface area contributed by atoms with E-state index in [9.17, 15) is 0 Å². The molecule has 6 heteroatoms. The summed E-state index contributed by atoms with van der Waals surface area (Å²) in [4.78, 5) is 6.99. The molecule has 1 aromatic heterocycles. The molecule has 5 nitrogen and oxygen atoms in total. The van der Waals surface area contributed by atoms with Crippen molar-refractivity contribution in [3.05, 3.63) is 11.1 Å². The lowest BCUT2D eigenvalue weighted by Gasteiger charge is -2.32. The molecule has 0 aliphatic carbocycles. The van der Waals surface area contributed by atoms with Gasteiger partial charge in [0.1, 0.15) is 0 Å². The van der Waals surface area contributed by atoms with Gasteiger partial charge in [-0.05, 0) is 6.92 Å². The molecule has 0 aromatic carbocycles. The van der Waals surface area contributed by atoms with Crippen LogP contribution in [-0.2, 0) is 16.0 Å². The molecule has 102 valence electrons. The van der Waals surface area contributed by atoms with Crippen LogP contribution in [0.1, 0.15) is 12.6 Å². The second-order valence-electron chi connectivity index (χ2n) is 4.41. The van der Waals surface area contributed by atoms with Gasteiger partial charge in [0.25, 0.3) is 0 Å². The summed E-state index contributed by atoms with van der Waals surface area (Å²) in [6.45, 7) is 7.10. The summed E-state index contributed by atoms with van der Waals surface area (Å²) in [6, 6.07) is 0.416. The Labute approximate surface area is 112 Å². The Kier molecular flexibility index (Phi) is 5.37. The molecule has 2 heterocycles. The fourth-order valence-corrected chi connectivity index (χ4v) is 2.87. The van der Waals surface area contributed by atoms with Crippen molar-refractivity contribution in [2.45, 2.75) is 19.5 Å². The van der Waals surface area contributed by atoms with Crippen LogP contribution >= 0.6 is 11.3 Å². The summed E-state index contributed by atoms with van der Waals surface area (Å²) in [7, 11) is 1.71. The van der Waals surface area contributed by atoms with E-state index in [0.717, 1.165) is 50.3 Å².